The normalized spacial score (nSPS) is 11.3. The number of benzene rings is 1. The van der Waals surface area contributed by atoms with Crippen LogP contribution in [0.15, 0.2) is 46.1 Å². The second-order valence-corrected chi connectivity index (χ2v) is 7.70. The summed E-state index contributed by atoms with van der Waals surface area (Å²) >= 11 is 0. The Balaban J connectivity index is 1.81. The molecule has 1 heterocycles. The smallest absolute Gasteiger partial charge is 0.251 e. The molecule has 8 heteroatoms. The molecule has 1 aromatic heterocycles. The number of hydrogen-bond donors (Lipinski definition) is 3. The van der Waals surface area contributed by atoms with Crippen LogP contribution in [0.5, 0.6) is 0 Å². The fourth-order valence-corrected chi connectivity index (χ4v) is 3.40. The second kappa shape index (κ2) is 8.77. The number of aryl methyl sites for hydroxylation is 2. The number of nitrogens with one attached hydrogen (secondary N) is 3. The molecule has 0 fully saturated rings. The van der Waals surface area contributed by atoms with Crippen LogP contribution in [0.4, 0.5) is 0 Å². The number of aromatic nitrogens is 1. The first-order valence-electron chi connectivity index (χ1n) is 8.39. The zero-order valence-corrected chi connectivity index (χ0v) is 15.7. The van der Waals surface area contributed by atoms with E-state index < -0.39 is 10.0 Å². The number of hydrogen-bond acceptors (Lipinski definition) is 4. The van der Waals surface area contributed by atoms with Crippen molar-refractivity contribution in [3.05, 3.63) is 63.6 Å². The van der Waals surface area contributed by atoms with Gasteiger partial charge in [0.05, 0.1) is 4.90 Å². The van der Waals surface area contributed by atoms with Crippen molar-refractivity contribution < 1.29 is 13.2 Å². The number of carbonyl (C=O) groups is 1. The SMILES string of the molecule is CCc1cc(C(=O)NCCCNS(=O)(=O)c2ccc(C)cc2)cc(=O)[nH]1. The van der Waals surface area contributed by atoms with Gasteiger partial charge in [0.2, 0.25) is 15.6 Å². The van der Waals surface area contributed by atoms with E-state index in [0.717, 1.165) is 5.56 Å². The third-order valence-corrected chi connectivity index (χ3v) is 5.28. The van der Waals surface area contributed by atoms with E-state index in [1.807, 2.05) is 13.8 Å². The van der Waals surface area contributed by atoms with Gasteiger partial charge in [-0.3, -0.25) is 9.59 Å². The molecular weight excluding hydrogens is 354 g/mol. The van der Waals surface area contributed by atoms with Gasteiger partial charge in [-0.25, -0.2) is 13.1 Å². The zero-order valence-electron chi connectivity index (χ0n) is 14.8. The topological polar surface area (TPSA) is 108 Å². The van der Waals surface area contributed by atoms with Crippen molar-refractivity contribution >= 4 is 15.9 Å². The minimum Gasteiger partial charge on any atom is -0.352 e. The molecule has 0 aliphatic rings. The highest BCUT2D eigenvalue weighted by Gasteiger charge is 2.13. The first-order chi connectivity index (χ1) is 12.3. The van der Waals surface area contributed by atoms with Crippen LogP contribution < -0.4 is 15.6 Å². The molecule has 0 radical (unpaired) electrons. The van der Waals surface area contributed by atoms with Gasteiger partial charge >= 0.3 is 0 Å². The Morgan fingerprint density at radius 2 is 1.81 bits per heavy atom. The Hall–Kier alpha value is -2.45. The van der Waals surface area contributed by atoms with E-state index in [9.17, 15) is 18.0 Å². The number of pyridine rings is 1. The number of H-pyrrole nitrogens is 1. The molecule has 26 heavy (non-hydrogen) atoms. The third-order valence-electron chi connectivity index (χ3n) is 3.81. The Labute approximate surface area is 152 Å². The van der Waals surface area contributed by atoms with Crippen LogP contribution >= 0.6 is 0 Å². The molecule has 7 nitrogen and oxygen atoms in total. The quantitative estimate of drug-likeness (QED) is 0.603. The molecule has 0 atom stereocenters. The summed E-state index contributed by atoms with van der Waals surface area (Å²) in [5, 5.41) is 2.68. The van der Waals surface area contributed by atoms with Crippen LogP contribution in [-0.4, -0.2) is 32.4 Å². The predicted octanol–water partition coefficient (Wildman–Crippen LogP) is 1.34. The van der Waals surface area contributed by atoms with Gasteiger partial charge in [-0.15, -0.1) is 0 Å². The summed E-state index contributed by atoms with van der Waals surface area (Å²) in [5.74, 6) is -0.354. The Morgan fingerprint density at radius 3 is 2.46 bits per heavy atom. The summed E-state index contributed by atoms with van der Waals surface area (Å²) in [6.45, 7) is 4.26. The molecule has 0 saturated carbocycles. The molecule has 0 aliphatic carbocycles. The Bertz CT molecular complexity index is 918. The number of rotatable bonds is 8. The highest BCUT2D eigenvalue weighted by Crippen LogP contribution is 2.09. The van der Waals surface area contributed by atoms with Crippen molar-refractivity contribution in [2.45, 2.75) is 31.6 Å². The number of carbonyl (C=O) groups excluding carboxylic acids is 1. The van der Waals surface area contributed by atoms with E-state index in [0.29, 0.717) is 30.6 Å². The van der Waals surface area contributed by atoms with Crippen LogP contribution in [0.1, 0.15) is 35.0 Å². The molecular formula is C18H23N3O4S. The molecule has 0 unspecified atom stereocenters. The maximum absolute atomic E-state index is 12.1. The molecule has 0 aliphatic heterocycles. The molecule has 2 rings (SSSR count). The van der Waals surface area contributed by atoms with Crippen molar-refractivity contribution in [3.63, 3.8) is 0 Å². The van der Waals surface area contributed by atoms with E-state index in [1.54, 1.807) is 30.3 Å². The second-order valence-electron chi connectivity index (χ2n) is 5.93. The molecule has 3 N–H and O–H groups in total. The largest absolute Gasteiger partial charge is 0.352 e. The average Bonchev–Trinajstić information content (AvgIpc) is 2.61. The summed E-state index contributed by atoms with van der Waals surface area (Å²) in [4.78, 5) is 26.4. The van der Waals surface area contributed by atoms with E-state index in [2.05, 4.69) is 15.0 Å². The van der Waals surface area contributed by atoms with Crippen molar-refractivity contribution in [2.75, 3.05) is 13.1 Å². The number of aromatic amines is 1. The summed E-state index contributed by atoms with van der Waals surface area (Å²) in [6, 6.07) is 9.46. The van der Waals surface area contributed by atoms with E-state index in [1.165, 1.54) is 6.07 Å². The standard InChI is InChI=1S/C18H23N3O4S/c1-3-15-11-14(12-17(22)21-15)18(23)19-9-4-10-20-26(24,25)16-7-5-13(2)6-8-16/h5-8,11-12,20H,3-4,9-10H2,1-2H3,(H,19,23)(H,21,22). The first-order valence-corrected chi connectivity index (χ1v) is 9.88. The first kappa shape index (κ1) is 19.9. The summed E-state index contributed by atoms with van der Waals surface area (Å²) in [5.41, 5.74) is 1.65. The van der Waals surface area contributed by atoms with Crippen molar-refractivity contribution in [1.29, 1.82) is 0 Å². The zero-order chi connectivity index (χ0) is 19.2. The van der Waals surface area contributed by atoms with E-state index in [4.69, 9.17) is 0 Å². The molecule has 2 aromatic rings. The summed E-state index contributed by atoms with van der Waals surface area (Å²) in [6.07, 6.45) is 1.05. The fourth-order valence-electron chi connectivity index (χ4n) is 2.32. The van der Waals surface area contributed by atoms with E-state index >= 15 is 0 Å². The summed E-state index contributed by atoms with van der Waals surface area (Å²) < 4.78 is 26.8. The van der Waals surface area contributed by atoms with Gasteiger partial charge in [-0.05, 0) is 38.0 Å². The number of sulfonamides is 1. The minimum absolute atomic E-state index is 0.200. The van der Waals surface area contributed by atoms with Crippen LogP contribution in [0.2, 0.25) is 0 Å². The lowest BCUT2D eigenvalue weighted by atomic mass is 10.2. The minimum atomic E-state index is -3.55. The van der Waals surface area contributed by atoms with Crippen LogP contribution in [-0.2, 0) is 16.4 Å². The lowest BCUT2D eigenvalue weighted by Crippen LogP contribution is -2.30. The van der Waals surface area contributed by atoms with Gasteiger partial charge in [-0.2, -0.15) is 0 Å². The van der Waals surface area contributed by atoms with Crippen LogP contribution in [0.25, 0.3) is 0 Å². The van der Waals surface area contributed by atoms with Gasteiger partial charge in [0.1, 0.15) is 0 Å². The average molecular weight is 377 g/mol. The third kappa shape index (κ3) is 5.53. The van der Waals surface area contributed by atoms with E-state index in [-0.39, 0.29) is 22.9 Å². The maximum atomic E-state index is 12.1. The van der Waals surface area contributed by atoms with Crippen molar-refractivity contribution in [1.82, 2.24) is 15.0 Å². The molecule has 140 valence electrons. The maximum Gasteiger partial charge on any atom is 0.251 e. The van der Waals surface area contributed by atoms with Gasteiger partial charge in [0.15, 0.2) is 0 Å². The van der Waals surface area contributed by atoms with Gasteiger partial charge in [0, 0.05) is 30.4 Å². The lowest BCUT2D eigenvalue weighted by Gasteiger charge is -2.08. The fraction of sp³-hybridized carbons (Fsp3) is 0.333. The summed E-state index contributed by atoms with van der Waals surface area (Å²) in [7, 11) is -3.55. The molecule has 1 aromatic carbocycles. The monoisotopic (exact) mass is 377 g/mol. The van der Waals surface area contributed by atoms with Gasteiger partial charge < -0.3 is 10.3 Å². The molecule has 0 bridgehead atoms. The predicted molar refractivity (Wildman–Crippen MR) is 99.8 cm³/mol. The molecule has 1 amide bonds. The Kier molecular flexibility index (Phi) is 6.70. The highest BCUT2D eigenvalue weighted by atomic mass is 32.2. The van der Waals surface area contributed by atoms with Gasteiger partial charge in [-0.1, -0.05) is 24.6 Å². The molecule has 0 saturated heterocycles. The van der Waals surface area contributed by atoms with Crippen molar-refractivity contribution in [2.24, 2.45) is 0 Å². The van der Waals surface area contributed by atoms with Crippen LogP contribution in [0, 0.1) is 6.92 Å². The highest BCUT2D eigenvalue weighted by molar-refractivity contribution is 7.89. The number of amides is 1. The lowest BCUT2D eigenvalue weighted by molar-refractivity contribution is 0.0953. The Morgan fingerprint density at radius 1 is 1.12 bits per heavy atom. The molecule has 0 spiro atoms. The van der Waals surface area contributed by atoms with Gasteiger partial charge in [0.25, 0.3) is 5.91 Å². The van der Waals surface area contributed by atoms with Crippen LogP contribution in [0.3, 0.4) is 0 Å². The van der Waals surface area contributed by atoms with Crippen molar-refractivity contribution in [3.8, 4) is 0 Å².